The maximum absolute atomic E-state index is 6.65. The number of benzene rings is 1. The van der Waals surface area contributed by atoms with Crippen LogP contribution in [-0.4, -0.2) is 37.9 Å². The highest BCUT2D eigenvalue weighted by atomic mass is 32.2. The van der Waals surface area contributed by atoms with Crippen molar-refractivity contribution in [1.29, 1.82) is 0 Å². The van der Waals surface area contributed by atoms with Gasteiger partial charge in [0.15, 0.2) is 11.5 Å². The highest BCUT2D eigenvalue weighted by Gasteiger charge is 2.30. The Hall–Kier alpha value is -2.84. The maximum atomic E-state index is 6.65. The molecule has 0 atom stereocenters. The lowest BCUT2D eigenvalue weighted by molar-refractivity contribution is 0.523. The van der Waals surface area contributed by atoms with Crippen molar-refractivity contribution >= 4 is 51.5 Å². The van der Waals surface area contributed by atoms with Crippen LogP contribution in [0, 0.1) is 0 Å². The second-order valence-electron chi connectivity index (χ2n) is 7.85. The molecule has 0 unspecified atom stereocenters. The minimum absolute atomic E-state index is 0.632. The van der Waals surface area contributed by atoms with E-state index >= 15 is 0 Å². The SMILES string of the molecule is CN=C(N=C1SC(SC2CCC2)=C(N)/C1=C\c1ccccc1)c1cnc2nn(C)cc2c1. The molecule has 5 rings (SSSR count). The van der Waals surface area contributed by atoms with Gasteiger partial charge in [-0.3, -0.25) is 9.67 Å². The lowest BCUT2D eigenvalue weighted by atomic mass is 10.0. The number of pyridine rings is 1. The molecule has 1 aliphatic carbocycles. The van der Waals surface area contributed by atoms with E-state index in [1.54, 1.807) is 29.7 Å². The smallest absolute Gasteiger partial charge is 0.181 e. The second kappa shape index (κ2) is 8.96. The number of hydrogen-bond acceptors (Lipinski definition) is 6. The summed E-state index contributed by atoms with van der Waals surface area (Å²) in [5.74, 6) is 0.632. The number of aromatic nitrogens is 3. The lowest BCUT2D eigenvalue weighted by Gasteiger charge is -2.24. The minimum Gasteiger partial charge on any atom is -0.397 e. The van der Waals surface area contributed by atoms with Gasteiger partial charge in [-0.2, -0.15) is 5.10 Å². The number of aryl methyl sites for hydroxylation is 1. The van der Waals surface area contributed by atoms with Crippen LogP contribution in [0.4, 0.5) is 0 Å². The Morgan fingerprint density at radius 3 is 2.81 bits per heavy atom. The van der Waals surface area contributed by atoms with Crippen LogP contribution in [0.15, 0.2) is 74.3 Å². The highest BCUT2D eigenvalue weighted by molar-refractivity contribution is 8.30. The fraction of sp³-hybridized carbons (Fsp3) is 0.250. The Morgan fingerprint density at radius 1 is 1.28 bits per heavy atom. The zero-order valence-electron chi connectivity index (χ0n) is 18.0. The van der Waals surface area contributed by atoms with Crippen molar-refractivity contribution in [3.05, 3.63) is 75.4 Å². The molecule has 3 aromatic rings. The Morgan fingerprint density at radius 2 is 2.09 bits per heavy atom. The molecule has 162 valence electrons. The topological polar surface area (TPSA) is 81.4 Å². The van der Waals surface area contributed by atoms with Gasteiger partial charge in [0, 0.05) is 48.3 Å². The quantitative estimate of drug-likeness (QED) is 0.438. The molecule has 0 spiro atoms. The van der Waals surface area contributed by atoms with Crippen molar-refractivity contribution in [2.45, 2.75) is 24.5 Å². The largest absolute Gasteiger partial charge is 0.397 e. The van der Waals surface area contributed by atoms with Gasteiger partial charge in [0.05, 0.1) is 9.93 Å². The van der Waals surface area contributed by atoms with Gasteiger partial charge in [-0.05, 0) is 30.5 Å². The van der Waals surface area contributed by atoms with Crippen LogP contribution in [0.2, 0.25) is 0 Å². The van der Waals surface area contributed by atoms with Crippen molar-refractivity contribution in [2.24, 2.45) is 22.8 Å². The monoisotopic (exact) mass is 460 g/mol. The fourth-order valence-corrected chi connectivity index (χ4v) is 6.34. The van der Waals surface area contributed by atoms with E-state index < -0.39 is 0 Å². The molecule has 0 bridgehead atoms. The minimum atomic E-state index is 0.632. The molecule has 0 saturated heterocycles. The summed E-state index contributed by atoms with van der Waals surface area (Å²) in [7, 11) is 3.65. The molecule has 2 aliphatic rings. The molecule has 3 heterocycles. The van der Waals surface area contributed by atoms with E-state index in [1.165, 1.54) is 19.3 Å². The zero-order valence-corrected chi connectivity index (χ0v) is 19.7. The maximum Gasteiger partial charge on any atom is 0.181 e. The molecule has 32 heavy (non-hydrogen) atoms. The van der Waals surface area contributed by atoms with Crippen LogP contribution in [0.25, 0.3) is 17.1 Å². The Kier molecular flexibility index (Phi) is 5.89. The summed E-state index contributed by atoms with van der Waals surface area (Å²) in [6.45, 7) is 0. The van der Waals surface area contributed by atoms with Gasteiger partial charge in [0.2, 0.25) is 0 Å². The third-order valence-corrected chi connectivity index (χ3v) is 8.20. The van der Waals surface area contributed by atoms with E-state index in [4.69, 9.17) is 10.7 Å². The Bertz CT molecular complexity index is 1280. The number of amidine groups is 1. The normalized spacial score (nSPS) is 20.0. The molecule has 1 fully saturated rings. The molecule has 2 aromatic heterocycles. The van der Waals surface area contributed by atoms with Crippen molar-refractivity contribution in [3.8, 4) is 0 Å². The van der Waals surface area contributed by atoms with Gasteiger partial charge in [-0.15, -0.1) is 11.8 Å². The number of nitrogens with zero attached hydrogens (tertiary/aromatic N) is 5. The van der Waals surface area contributed by atoms with Crippen LogP contribution in [-0.2, 0) is 7.05 Å². The number of allylic oxidation sites excluding steroid dienone is 1. The summed E-state index contributed by atoms with van der Waals surface area (Å²) in [5.41, 5.74) is 11.1. The molecule has 2 N–H and O–H groups in total. The van der Waals surface area contributed by atoms with E-state index in [1.807, 2.05) is 49.3 Å². The van der Waals surface area contributed by atoms with Crippen LogP contribution in [0.1, 0.15) is 30.4 Å². The molecule has 1 aliphatic heterocycles. The Balaban J connectivity index is 1.53. The molecule has 6 nitrogen and oxygen atoms in total. The summed E-state index contributed by atoms with van der Waals surface area (Å²) in [6.07, 6.45) is 9.66. The van der Waals surface area contributed by atoms with Gasteiger partial charge in [-0.1, -0.05) is 48.5 Å². The lowest BCUT2D eigenvalue weighted by Crippen LogP contribution is -2.13. The number of hydrogen-bond donors (Lipinski definition) is 1. The summed E-state index contributed by atoms with van der Waals surface area (Å²) < 4.78 is 2.91. The van der Waals surface area contributed by atoms with Gasteiger partial charge in [0.25, 0.3) is 0 Å². The molecular formula is C24H24N6S2. The van der Waals surface area contributed by atoms with Gasteiger partial charge >= 0.3 is 0 Å². The van der Waals surface area contributed by atoms with Crippen LogP contribution >= 0.6 is 23.5 Å². The summed E-state index contributed by atoms with van der Waals surface area (Å²) in [5, 5.41) is 6.85. The molecule has 1 saturated carbocycles. The second-order valence-corrected chi connectivity index (χ2v) is 10.4. The van der Waals surface area contributed by atoms with Crippen LogP contribution in [0.5, 0.6) is 0 Å². The average molecular weight is 461 g/mol. The predicted molar refractivity (Wildman–Crippen MR) is 137 cm³/mol. The van der Waals surface area contributed by atoms with Gasteiger partial charge in [0.1, 0.15) is 5.04 Å². The number of fused-ring (bicyclic) bond motifs is 1. The average Bonchev–Trinajstić information content (AvgIpc) is 3.28. The van der Waals surface area contributed by atoms with E-state index in [-0.39, 0.29) is 0 Å². The molecule has 1 aromatic carbocycles. The van der Waals surface area contributed by atoms with Crippen molar-refractivity contribution in [3.63, 3.8) is 0 Å². The molecule has 0 amide bonds. The first-order valence-electron chi connectivity index (χ1n) is 10.6. The predicted octanol–water partition coefficient (Wildman–Crippen LogP) is 4.99. The van der Waals surface area contributed by atoms with Crippen LogP contribution in [0.3, 0.4) is 0 Å². The number of rotatable bonds is 4. The molecule has 8 heteroatoms. The van der Waals surface area contributed by atoms with Crippen LogP contribution < -0.4 is 5.73 Å². The number of thioether (sulfide) groups is 2. The highest BCUT2D eigenvalue weighted by Crippen LogP contribution is 2.48. The third-order valence-electron chi connectivity index (χ3n) is 5.52. The number of nitrogens with two attached hydrogens (primary N) is 1. The van der Waals surface area contributed by atoms with E-state index in [0.29, 0.717) is 16.7 Å². The van der Waals surface area contributed by atoms with Gasteiger partial charge < -0.3 is 5.73 Å². The summed E-state index contributed by atoms with van der Waals surface area (Å²) >= 11 is 3.54. The van der Waals surface area contributed by atoms with Crippen molar-refractivity contribution in [2.75, 3.05) is 7.05 Å². The van der Waals surface area contributed by atoms with E-state index in [0.717, 1.165) is 37.1 Å². The van der Waals surface area contributed by atoms with E-state index in [2.05, 4.69) is 33.3 Å². The summed E-state index contributed by atoms with van der Waals surface area (Å²) in [4.78, 5) is 13.9. The Labute approximate surface area is 195 Å². The first kappa shape index (κ1) is 21.0. The van der Waals surface area contributed by atoms with Crippen molar-refractivity contribution in [1.82, 2.24) is 14.8 Å². The first-order chi connectivity index (χ1) is 15.6. The third kappa shape index (κ3) is 4.25. The van der Waals surface area contributed by atoms with Crippen molar-refractivity contribution < 1.29 is 0 Å². The molecular weight excluding hydrogens is 436 g/mol. The number of aliphatic imine (C=N–C) groups is 2. The molecule has 0 radical (unpaired) electrons. The van der Waals surface area contributed by atoms with Gasteiger partial charge in [-0.25, -0.2) is 9.98 Å². The zero-order chi connectivity index (χ0) is 22.1. The summed E-state index contributed by atoms with van der Waals surface area (Å²) in [6, 6.07) is 12.3. The fourth-order valence-electron chi connectivity index (χ4n) is 3.58. The standard InChI is InChI=1S/C24H24N6S2/c1-26-21(16-12-17-14-30(2)29-22(17)27-13-16)28-23-19(11-15-7-4-3-5-8-15)20(25)24(32-23)31-18-9-6-10-18/h3-5,7-8,11-14,18H,6,9-10,25H2,1-2H3/b19-11+,26-21?,28-23?. The van der Waals surface area contributed by atoms with E-state index in [9.17, 15) is 0 Å². The first-order valence-corrected chi connectivity index (χ1v) is 12.3.